The molecule has 0 aliphatic rings. The van der Waals surface area contributed by atoms with Gasteiger partial charge in [-0.2, -0.15) is 0 Å². The number of hydrogen-bond acceptors (Lipinski definition) is 4. The van der Waals surface area contributed by atoms with Crippen LogP contribution in [-0.2, 0) is 0 Å². The summed E-state index contributed by atoms with van der Waals surface area (Å²) in [4.78, 5) is 21.9. The van der Waals surface area contributed by atoms with Crippen LogP contribution in [0.3, 0.4) is 0 Å². The van der Waals surface area contributed by atoms with Gasteiger partial charge in [0.15, 0.2) is 5.13 Å². The van der Waals surface area contributed by atoms with Gasteiger partial charge in [-0.3, -0.25) is 9.69 Å². The van der Waals surface area contributed by atoms with Crippen LogP contribution in [0, 0.1) is 13.8 Å². The zero-order chi connectivity index (χ0) is 20.4. The van der Waals surface area contributed by atoms with Crippen molar-refractivity contribution in [2.24, 2.45) is 0 Å². The van der Waals surface area contributed by atoms with Crippen molar-refractivity contribution < 1.29 is 4.79 Å². The average Bonchev–Trinajstić information content (AvgIpc) is 3.02. The molecule has 3 rings (SSSR count). The Morgan fingerprint density at radius 2 is 1.76 bits per heavy atom. The van der Waals surface area contributed by atoms with E-state index in [4.69, 9.17) is 28.2 Å². The number of hydrogen-bond donors (Lipinski definition) is 0. The monoisotopic (exact) mass is 471 g/mol. The first-order valence-corrected chi connectivity index (χ1v) is 10.6. The normalized spacial score (nSPS) is 11.0. The van der Waals surface area contributed by atoms with E-state index in [0.717, 1.165) is 23.2 Å². The standard InChI is InChI=1S/C21H23Cl2N3OS.ClH/c1-13-10-18-19(11-14(13)2)28-21(24-18)26(9-5-8-25(3)4)20(27)16-12-15(22)6-7-17(16)23;/h6-7,10-12H,5,8-9H2,1-4H3;1H. The smallest absolute Gasteiger partial charge is 0.261 e. The Balaban J connectivity index is 0.00000300. The van der Waals surface area contributed by atoms with Gasteiger partial charge >= 0.3 is 0 Å². The van der Waals surface area contributed by atoms with Gasteiger partial charge in [-0.25, -0.2) is 4.98 Å². The van der Waals surface area contributed by atoms with Crippen LogP contribution in [0.4, 0.5) is 5.13 Å². The Morgan fingerprint density at radius 1 is 1.07 bits per heavy atom. The maximum absolute atomic E-state index is 13.3. The molecule has 1 aromatic heterocycles. The van der Waals surface area contributed by atoms with Crippen LogP contribution in [-0.4, -0.2) is 43.0 Å². The Bertz CT molecular complexity index is 981. The summed E-state index contributed by atoms with van der Waals surface area (Å²) in [6.45, 7) is 5.58. The zero-order valence-electron chi connectivity index (χ0n) is 16.8. The van der Waals surface area contributed by atoms with Gasteiger partial charge in [0, 0.05) is 11.6 Å². The fourth-order valence-corrected chi connectivity index (χ4v) is 4.36. The molecule has 1 heterocycles. The lowest BCUT2D eigenvalue weighted by molar-refractivity contribution is 0.0986. The minimum atomic E-state index is -0.182. The van der Waals surface area contributed by atoms with Crippen LogP contribution in [0.5, 0.6) is 0 Å². The highest BCUT2D eigenvalue weighted by Crippen LogP contribution is 2.33. The zero-order valence-corrected chi connectivity index (χ0v) is 20.0. The van der Waals surface area contributed by atoms with Crippen LogP contribution in [0.2, 0.25) is 10.0 Å². The topological polar surface area (TPSA) is 36.4 Å². The lowest BCUT2D eigenvalue weighted by Crippen LogP contribution is -2.33. The van der Waals surface area contributed by atoms with Crippen LogP contribution in [0.1, 0.15) is 27.9 Å². The van der Waals surface area contributed by atoms with Gasteiger partial charge in [0.25, 0.3) is 5.91 Å². The number of amides is 1. The number of halogens is 3. The average molecular weight is 473 g/mol. The SMILES string of the molecule is Cc1cc2nc(N(CCCN(C)C)C(=O)c3cc(Cl)ccc3Cl)sc2cc1C.Cl. The molecule has 0 bridgehead atoms. The number of nitrogens with zero attached hydrogens (tertiary/aromatic N) is 3. The van der Waals surface area contributed by atoms with E-state index in [1.165, 1.54) is 22.5 Å². The molecular formula is C21H24Cl3N3OS. The molecule has 1 amide bonds. The molecule has 0 aliphatic heterocycles. The molecule has 29 heavy (non-hydrogen) atoms. The highest BCUT2D eigenvalue weighted by Gasteiger charge is 2.23. The molecule has 0 fully saturated rings. The second kappa shape index (κ2) is 10.1. The predicted molar refractivity (Wildman–Crippen MR) is 128 cm³/mol. The van der Waals surface area contributed by atoms with Gasteiger partial charge in [0.2, 0.25) is 0 Å². The van der Waals surface area contributed by atoms with E-state index in [2.05, 4.69) is 30.9 Å². The van der Waals surface area contributed by atoms with Crippen LogP contribution >= 0.6 is 46.9 Å². The van der Waals surface area contributed by atoms with Gasteiger partial charge in [-0.1, -0.05) is 34.5 Å². The van der Waals surface area contributed by atoms with E-state index in [1.54, 1.807) is 23.1 Å². The van der Waals surface area contributed by atoms with Crippen molar-refractivity contribution in [1.82, 2.24) is 9.88 Å². The molecule has 0 aliphatic carbocycles. The lowest BCUT2D eigenvalue weighted by Gasteiger charge is -2.21. The summed E-state index contributed by atoms with van der Waals surface area (Å²) < 4.78 is 1.07. The van der Waals surface area contributed by atoms with E-state index < -0.39 is 0 Å². The van der Waals surface area contributed by atoms with Crippen molar-refractivity contribution in [3.63, 3.8) is 0 Å². The van der Waals surface area contributed by atoms with Gasteiger partial charge in [-0.05, 0) is 82.4 Å². The summed E-state index contributed by atoms with van der Waals surface area (Å²) >= 11 is 13.9. The van der Waals surface area contributed by atoms with Gasteiger partial charge in [0.05, 0.1) is 20.8 Å². The number of aromatic nitrogens is 1. The van der Waals surface area contributed by atoms with Crippen molar-refractivity contribution in [3.05, 3.63) is 57.1 Å². The molecule has 0 spiro atoms. The molecule has 0 saturated carbocycles. The molecule has 0 radical (unpaired) electrons. The fraction of sp³-hybridized carbons (Fsp3) is 0.333. The summed E-state index contributed by atoms with van der Waals surface area (Å²) in [6.07, 6.45) is 0.824. The minimum Gasteiger partial charge on any atom is -0.309 e. The second-order valence-electron chi connectivity index (χ2n) is 7.14. The number of carbonyl (C=O) groups is 1. The Labute approximate surface area is 191 Å². The highest BCUT2D eigenvalue weighted by molar-refractivity contribution is 7.22. The highest BCUT2D eigenvalue weighted by atomic mass is 35.5. The third kappa shape index (κ3) is 5.62. The molecule has 4 nitrogen and oxygen atoms in total. The van der Waals surface area contributed by atoms with Crippen molar-refractivity contribution in [2.75, 3.05) is 32.1 Å². The molecule has 3 aromatic rings. The Hall–Kier alpha value is -1.37. The molecule has 156 valence electrons. The molecular weight excluding hydrogens is 449 g/mol. The summed E-state index contributed by atoms with van der Waals surface area (Å²) in [5.41, 5.74) is 3.70. The number of carbonyl (C=O) groups excluding carboxylic acids is 1. The maximum atomic E-state index is 13.3. The van der Waals surface area contributed by atoms with E-state index in [1.807, 2.05) is 14.1 Å². The lowest BCUT2D eigenvalue weighted by atomic mass is 10.1. The summed E-state index contributed by atoms with van der Waals surface area (Å²) in [7, 11) is 4.03. The third-order valence-corrected chi connectivity index (χ3v) is 6.22. The maximum Gasteiger partial charge on any atom is 0.261 e. The molecule has 0 atom stereocenters. The summed E-state index contributed by atoms with van der Waals surface area (Å²) in [5, 5.41) is 1.55. The quantitative estimate of drug-likeness (QED) is 0.426. The first kappa shape index (κ1) is 23.9. The van der Waals surface area contributed by atoms with Gasteiger partial charge in [-0.15, -0.1) is 12.4 Å². The number of benzene rings is 2. The van der Waals surface area contributed by atoms with E-state index in [0.29, 0.717) is 27.3 Å². The van der Waals surface area contributed by atoms with E-state index in [-0.39, 0.29) is 18.3 Å². The van der Waals surface area contributed by atoms with Crippen molar-refractivity contribution >= 4 is 68.2 Å². The van der Waals surface area contributed by atoms with Crippen LogP contribution in [0.25, 0.3) is 10.2 Å². The minimum absolute atomic E-state index is 0. The van der Waals surface area contributed by atoms with Crippen molar-refractivity contribution in [2.45, 2.75) is 20.3 Å². The largest absolute Gasteiger partial charge is 0.309 e. The van der Waals surface area contributed by atoms with Gasteiger partial charge < -0.3 is 4.90 Å². The number of fused-ring (bicyclic) bond motifs is 1. The molecule has 8 heteroatoms. The van der Waals surface area contributed by atoms with Crippen molar-refractivity contribution in [1.29, 1.82) is 0 Å². The first-order valence-electron chi connectivity index (χ1n) is 9.05. The van der Waals surface area contributed by atoms with Gasteiger partial charge in [0.1, 0.15) is 0 Å². The summed E-state index contributed by atoms with van der Waals surface area (Å²) in [6, 6.07) is 9.15. The molecule has 2 aromatic carbocycles. The van der Waals surface area contributed by atoms with E-state index >= 15 is 0 Å². The number of anilines is 1. The first-order chi connectivity index (χ1) is 13.3. The molecule has 0 saturated heterocycles. The second-order valence-corrected chi connectivity index (χ2v) is 8.99. The van der Waals surface area contributed by atoms with E-state index in [9.17, 15) is 4.79 Å². The Kier molecular flexibility index (Phi) is 8.32. The summed E-state index contributed by atoms with van der Waals surface area (Å²) in [5.74, 6) is -0.182. The van der Waals surface area contributed by atoms with Crippen LogP contribution in [0.15, 0.2) is 30.3 Å². The number of thiazole rings is 1. The number of aryl methyl sites for hydroxylation is 2. The third-order valence-electron chi connectivity index (χ3n) is 4.61. The fourth-order valence-electron chi connectivity index (χ4n) is 2.92. The van der Waals surface area contributed by atoms with Crippen molar-refractivity contribution in [3.8, 4) is 0 Å². The molecule has 0 N–H and O–H groups in total. The predicted octanol–water partition coefficient (Wildman–Crippen LogP) is 6.24. The molecule has 0 unspecified atom stereocenters. The Morgan fingerprint density at radius 3 is 2.45 bits per heavy atom. The number of rotatable bonds is 6. The van der Waals surface area contributed by atoms with Crippen LogP contribution < -0.4 is 4.90 Å².